The van der Waals surface area contributed by atoms with Crippen molar-refractivity contribution in [2.45, 2.75) is 25.4 Å². The first-order valence-electron chi connectivity index (χ1n) is 10.4. The van der Waals surface area contributed by atoms with Gasteiger partial charge in [0.15, 0.2) is 0 Å². The summed E-state index contributed by atoms with van der Waals surface area (Å²) in [5.41, 5.74) is 2.97. The van der Waals surface area contributed by atoms with E-state index in [0.29, 0.717) is 36.6 Å². The summed E-state index contributed by atoms with van der Waals surface area (Å²) in [6.07, 6.45) is 2.00. The van der Waals surface area contributed by atoms with Crippen LogP contribution in [-0.2, 0) is 23.0 Å². The van der Waals surface area contributed by atoms with E-state index in [4.69, 9.17) is 9.47 Å². The lowest BCUT2D eigenvalue weighted by Crippen LogP contribution is -2.35. The molecular formula is C23H26N4O4. The highest BCUT2D eigenvalue weighted by molar-refractivity contribution is 6.05. The highest BCUT2D eigenvalue weighted by Gasteiger charge is 2.23. The molecule has 2 aromatic carbocycles. The third-order valence-corrected chi connectivity index (χ3v) is 5.45. The van der Waals surface area contributed by atoms with Gasteiger partial charge in [-0.15, -0.1) is 0 Å². The number of aryl methyl sites for hydroxylation is 1. The predicted octanol–water partition coefficient (Wildman–Crippen LogP) is 2.67. The summed E-state index contributed by atoms with van der Waals surface area (Å²) >= 11 is 0. The Labute approximate surface area is 180 Å². The average molecular weight is 422 g/mol. The molecule has 1 fully saturated rings. The van der Waals surface area contributed by atoms with Gasteiger partial charge >= 0.3 is 0 Å². The van der Waals surface area contributed by atoms with Crippen LogP contribution in [0.5, 0.6) is 5.75 Å². The number of fused-ring (bicyclic) bond motifs is 1. The molecule has 4 rings (SSSR count). The topological polar surface area (TPSA) is 94.5 Å². The first-order chi connectivity index (χ1) is 15.0. The van der Waals surface area contributed by atoms with Gasteiger partial charge in [0.2, 0.25) is 5.91 Å². The number of nitrogens with zero attached hydrogens (tertiary/aromatic N) is 2. The average Bonchev–Trinajstić information content (AvgIpc) is 3.42. The molecule has 1 aliphatic rings. The Bertz CT molecular complexity index is 1080. The number of imidazole rings is 1. The van der Waals surface area contributed by atoms with E-state index in [0.717, 1.165) is 29.7 Å². The Morgan fingerprint density at radius 3 is 2.74 bits per heavy atom. The molecule has 2 N–H and O–H groups in total. The van der Waals surface area contributed by atoms with Crippen molar-refractivity contribution >= 4 is 28.5 Å². The number of carbonyl (C=O) groups is 2. The van der Waals surface area contributed by atoms with E-state index in [1.165, 1.54) is 0 Å². The monoisotopic (exact) mass is 422 g/mol. The van der Waals surface area contributed by atoms with Gasteiger partial charge in [0.25, 0.3) is 5.91 Å². The molecule has 8 heteroatoms. The molecule has 0 bridgehead atoms. The molecule has 2 amide bonds. The zero-order valence-electron chi connectivity index (χ0n) is 17.7. The van der Waals surface area contributed by atoms with E-state index in [9.17, 15) is 9.59 Å². The fraction of sp³-hybridized carbons (Fsp3) is 0.348. The van der Waals surface area contributed by atoms with Crippen LogP contribution >= 0.6 is 0 Å². The van der Waals surface area contributed by atoms with E-state index >= 15 is 0 Å². The van der Waals surface area contributed by atoms with Crippen LogP contribution in [0.15, 0.2) is 42.5 Å². The van der Waals surface area contributed by atoms with Crippen molar-refractivity contribution < 1.29 is 19.1 Å². The zero-order chi connectivity index (χ0) is 21.8. The lowest BCUT2D eigenvalue weighted by molar-refractivity contribution is -0.130. The van der Waals surface area contributed by atoms with E-state index in [2.05, 4.69) is 15.6 Å². The minimum atomic E-state index is -0.322. The molecule has 1 saturated heterocycles. The number of ether oxygens (including phenoxy) is 2. The number of rotatable bonds is 7. The number of amides is 2. The number of hydrogen-bond acceptors (Lipinski definition) is 5. The molecule has 3 aromatic rings. The van der Waals surface area contributed by atoms with Crippen LogP contribution in [0.4, 0.5) is 5.69 Å². The van der Waals surface area contributed by atoms with Gasteiger partial charge in [0.1, 0.15) is 17.7 Å². The molecule has 162 valence electrons. The highest BCUT2D eigenvalue weighted by atomic mass is 16.5. The van der Waals surface area contributed by atoms with E-state index in [1.807, 2.05) is 29.8 Å². The quantitative estimate of drug-likeness (QED) is 0.611. The third-order valence-electron chi connectivity index (χ3n) is 5.45. The molecule has 1 aliphatic heterocycles. The van der Waals surface area contributed by atoms with Crippen LogP contribution in [0.2, 0.25) is 0 Å². The predicted molar refractivity (Wildman–Crippen MR) is 117 cm³/mol. The Kier molecular flexibility index (Phi) is 6.18. The van der Waals surface area contributed by atoms with Crippen molar-refractivity contribution in [3.05, 3.63) is 53.9 Å². The van der Waals surface area contributed by atoms with Gasteiger partial charge in [0.05, 0.1) is 18.1 Å². The van der Waals surface area contributed by atoms with Gasteiger partial charge in [-0.2, -0.15) is 0 Å². The lowest BCUT2D eigenvalue weighted by atomic mass is 10.2. The number of aromatic nitrogens is 2. The highest BCUT2D eigenvalue weighted by Crippen LogP contribution is 2.21. The number of anilines is 1. The minimum absolute atomic E-state index is 0.0557. The lowest BCUT2D eigenvalue weighted by Gasteiger charge is -2.10. The Hall–Kier alpha value is -3.39. The number of carbonyl (C=O) groups excluding carboxylic acids is 2. The van der Waals surface area contributed by atoms with Crippen LogP contribution in [0.3, 0.4) is 0 Å². The van der Waals surface area contributed by atoms with Crippen LogP contribution < -0.4 is 15.4 Å². The summed E-state index contributed by atoms with van der Waals surface area (Å²) in [6, 6.07) is 12.6. The summed E-state index contributed by atoms with van der Waals surface area (Å²) in [6.45, 7) is 1.15. The molecule has 1 atom stereocenters. The van der Waals surface area contributed by atoms with Gasteiger partial charge in [-0.25, -0.2) is 4.98 Å². The summed E-state index contributed by atoms with van der Waals surface area (Å²) in [7, 11) is 3.53. The molecule has 0 spiro atoms. The largest absolute Gasteiger partial charge is 0.497 e. The number of nitrogens with one attached hydrogen (secondary N) is 2. The summed E-state index contributed by atoms with van der Waals surface area (Å²) < 4.78 is 12.5. The van der Waals surface area contributed by atoms with Crippen molar-refractivity contribution in [1.82, 2.24) is 14.9 Å². The second-order valence-electron chi connectivity index (χ2n) is 7.52. The molecule has 8 nitrogen and oxygen atoms in total. The van der Waals surface area contributed by atoms with E-state index in [1.54, 1.807) is 31.4 Å². The Balaban J connectivity index is 1.40. The van der Waals surface area contributed by atoms with Crippen LogP contribution in [0, 0.1) is 0 Å². The maximum atomic E-state index is 12.5. The van der Waals surface area contributed by atoms with Crippen LogP contribution in [-0.4, -0.2) is 47.7 Å². The Morgan fingerprint density at radius 1 is 1.23 bits per heavy atom. The first-order valence-corrected chi connectivity index (χ1v) is 10.4. The zero-order valence-corrected chi connectivity index (χ0v) is 17.7. The van der Waals surface area contributed by atoms with Crippen molar-refractivity contribution in [1.29, 1.82) is 0 Å². The number of benzene rings is 2. The second-order valence-corrected chi connectivity index (χ2v) is 7.52. The smallest absolute Gasteiger partial charge is 0.255 e. The molecular weight excluding hydrogens is 396 g/mol. The summed E-state index contributed by atoms with van der Waals surface area (Å²) in [5.74, 6) is 1.31. The standard InChI is InChI=1S/C23H26N4O4/c1-27-19-10-7-16(25-22(28)15-5-8-17(30-2)9-6-15)14-18(19)26-21(27)11-12-24-23(29)20-4-3-13-31-20/h5-10,14,20H,3-4,11-13H2,1-2H3,(H,24,29)(H,25,28). The molecule has 2 heterocycles. The van der Waals surface area contributed by atoms with E-state index < -0.39 is 0 Å². The van der Waals surface area contributed by atoms with Crippen molar-refractivity contribution in [3.8, 4) is 5.75 Å². The van der Waals surface area contributed by atoms with Gasteiger partial charge < -0.3 is 24.7 Å². The van der Waals surface area contributed by atoms with Crippen LogP contribution in [0.1, 0.15) is 29.0 Å². The molecule has 31 heavy (non-hydrogen) atoms. The summed E-state index contributed by atoms with van der Waals surface area (Å²) in [5, 5.41) is 5.83. The first kappa shape index (κ1) is 20.9. The molecule has 0 saturated carbocycles. The molecule has 1 aromatic heterocycles. The third kappa shape index (κ3) is 4.69. The van der Waals surface area contributed by atoms with Crippen molar-refractivity contribution in [3.63, 3.8) is 0 Å². The SMILES string of the molecule is COc1ccc(C(=O)Nc2ccc3c(c2)nc(CCNC(=O)C2CCCO2)n3C)cc1. The number of methoxy groups -OCH3 is 1. The maximum absolute atomic E-state index is 12.5. The van der Waals surface area contributed by atoms with Crippen LogP contribution in [0.25, 0.3) is 11.0 Å². The van der Waals surface area contributed by atoms with Gasteiger partial charge in [0, 0.05) is 37.9 Å². The molecule has 0 aliphatic carbocycles. The molecule has 0 radical (unpaired) electrons. The van der Waals surface area contributed by atoms with Crippen molar-refractivity contribution in [2.24, 2.45) is 7.05 Å². The van der Waals surface area contributed by atoms with E-state index in [-0.39, 0.29) is 17.9 Å². The fourth-order valence-electron chi connectivity index (χ4n) is 3.69. The van der Waals surface area contributed by atoms with Gasteiger partial charge in [-0.3, -0.25) is 9.59 Å². The molecule has 1 unspecified atom stereocenters. The van der Waals surface area contributed by atoms with Gasteiger partial charge in [-0.05, 0) is 55.3 Å². The minimum Gasteiger partial charge on any atom is -0.497 e. The Morgan fingerprint density at radius 2 is 2.03 bits per heavy atom. The number of hydrogen-bond donors (Lipinski definition) is 2. The maximum Gasteiger partial charge on any atom is 0.255 e. The normalized spacial score (nSPS) is 15.7. The fourth-order valence-corrected chi connectivity index (χ4v) is 3.69. The summed E-state index contributed by atoms with van der Waals surface area (Å²) in [4.78, 5) is 29.3. The second kappa shape index (κ2) is 9.18. The van der Waals surface area contributed by atoms with Crippen molar-refractivity contribution in [2.75, 3.05) is 25.6 Å². The van der Waals surface area contributed by atoms with Gasteiger partial charge in [-0.1, -0.05) is 0 Å².